The third-order valence-corrected chi connectivity index (χ3v) is 12.6. The number of hydrogen-bond acceptors (Lipinski definition) is 3. The highest BCUT2D eigenvalue weighted by atomic mass is 32.1. The molecule has 4 aromatic rings. The van der Waals surface area contributed by atoms with Gasteiger partial charge in [0.1, 0.15) is 0 Å². The second-order valence-corrected chi connectivity index (χ2v) is 25.6. The lowest BCUT2D eigenvalue weighted by Gasteiger charge is -2.29. The van der Waals surface area contributed by atoms with Gasteiger partial charge in [-0.15, -0.1) is 22.7 Å². The molecule has 0 amide bonds. The largest absolute Gasteiger partial charge is 0.152 e. The molecule has 0 atom stereocenters. The normalized spacial score (nSPS) is 13.3. The smallest absolute Gasteiger partial charge is 0.0136 e. The summed E-state index contributed by atoms with van der Waals surface area (Å²) in [6.45, 7) is 54.8. The fourth-order valence-electron chi connectivity index (χ4n) is 6.21. The maximum atomic E-state index is 2.29. The Hall–Kier alpha value is -1.68. The van der Waals surface area contributed by atoms with Gasteiger partial charge >= 0.3 is 0 Å². The molecule has 0 spiro atoms. The number of rotatable bonds is 0. The van der Waals surface area contributed by atoms with Gasteiger partial charge in [0.15, 0.2) is 0 Å². The summed E-state index contributed by atoms with van der Waals surface area (Å²) in [5, 5.41) is 9.00. The van der Waals surface area contributed by atoms with E-state index in [0.29, 0.717) is 0 Å². The van der Waals surface area contributed by atoms with Gasteiger partial charge in [-0.3, -0.25) is 0 Å². The van der Waals surface area contributed by atoms with Crippen LogP contribution in [0.1, 0.15) is 209 Å². The molecule has 0 aliphatic rings. The fraction of sp³-hybridized carbons (Fsp3) is 0.640. The summed E-state index contributed by atoms with van der Waals surface area (Å²) in [6.07, 6.45) is 0. The molecule has 0 radical (unpaired) electrons. The summed E-state index contributed by atoms with van der Waals surface area (Å²) in [4.78, 5) is 3.06. The van der Waals surface area contributed by atoms with E-state index >= 15 is 0 Å². The van der Waals surface area contributed by atoms with Gasteiger partial charge in [0.25, 0.3) is 0 Å². The number of hydrogen-bond donors (Lipinski definition) is 0. The molecule has 53 heavy (non-hydrogen) atoms. The Morgan fingerprint density at radius 1 is 0.283 bits per heavy atom. The standard InChI is InChI=1S/C14H22.3C12H20S/c1-13(2,3)11-9-7-8-10-12(11)14(4,5)6;1-11(2,3)9-7-13-8-10(9)12(4,5)6;2*1-11(2,3)9-7-8-13-10(9)12(4,5)6/h7-10H,1-6H3;3*7-8H,1-6H3. The summed E-state index contributed by atoms with van der Waals surface area (Å²) in [6, 6.07) is 13.3. The van der Waals surface area contributed by atoms with Crippen molar-refractivity contribution in [3.8, 4) is 0 Å². The molecule has 3 heteroatoms. The lowest BCUT2D eigenvalue weighted by atomic mass is 9.75. The zero-order valence-electron chi connectivity index (χ0n) is 39.0. The van der Waals surface area contributed by atoms with E-state index in [1.165, 1.54) is 43.1 Å². The minimum Gasteiger partial charge on any atom is -0.152 e. The van der Waals surface area contributed by atoms with Crippen LogP contribution in [0.4, 0.5) is 0 Å². The lowest BCUT2D eigenvalue weighted by Crippen LogP contribution is -2.21. The van der Waals surface area contributed by atoms with Crippen molar-refractivity contribution in [2.45, 2.75) is 209 Å². The molecule has 0 saturated carbocycles. The van der Waals surface area contributed by atoms with Crippen molar-refractivity contribution < 1.29 is 0 Å². The molecular formula is C50H82S3. The number of benzene rings is 1. The van der Waals surface area contributed by atoms with E-state index < -0.39 is 0 Å². The Labute approximate surface area is 342 Å². The topological polar surface area (TPSA) is 0 Å². The summed E-state index contributed by atoms with van der Waals surface area (Å²) in [7, 11) is 0. The van der Waals surface area contributed by atoms with Crippen molar-refractivity contribution in [1.82, 2.24) is 0 Å². The Morgan fingerprint density at radius 3 is 0.717 bits per heavy atom. The summed E-state index contributed by atoms with van der Waals surface area (Å²) in [5.74, 6) is 0. The average molecular weight is 779 g/mol. The van der Waals surface area contributed by atoms with E-state index in [1.54, 1.807) is 0 Å². The SMILES string of the molecule is CC(C)(C)c1ccccc1C(C)(C)C.CC(C)(C)c1ccsc1C(C)(C)C.CC(C)(C)c1ccsc1C(C)(C)C.CC(C)(C)c1cscc1C(C)(C)C. The first kappa shape index (κ1) is 49.3. The van der Waals surface area contributed by atoms with Crippen LogP contribution in [-0.2, 0) is 43.3 Å². The summed E-state index contributed by atoms with van der Waals surface area (Å²) in [5.41, 5.74) is 11.1. The maximum absolute atomic E-state index is 2.29. The minimum absolute atomic E-state index is 0.240. The van der Waals surface area contributed by atoms with Gasteiger partial charge in [-0.25, -0.2) is 0 Å². The third-order valence-electron chi connectivity index (χ3n) is 9.13. The molecule has 300 valence electrons. The van der Waals surface area contributed by atoms with Gasteiger partial charge in [-0.05, 0) is 110 Å². The van der Waals surface area contributed by atoms with Crippen molar-refractivity contribution >= 4 is 34.0 Å². The van der Waals surface area contributed by atoms with Crippen LogP contribution in [-0.4, -0.2) is 0 Å². The second-order valence-electron chi connectivity index (χ2n) is 23.1. The van der Waals surface area contributed by atoms with Crippen molar-refractivity contribution in [3.63, 3.8) is 0 Å². The van der Waals surface area contributed by atoms with Gasteiger partial charge in [0.05, 0.1) is 0 Å². The van der Waals surface area contributed by atoms with Crippen molar-refractivity contribution in [1.29, 1.82) is 0 Å². The van der Waals surface area contributed by atoms with Crippen LogP contribution in [0, 0.1) is 0 Å². The van der Waals surface area contributed by atoms with Crippen LogP contribution < -0.4 is 0 Å². The van der Waals surface area contributed by atoms with Crippen LogP contribution in [0.15, 0.2) is 57.9 Å². The van der Waals surface area contributed by atoms with Crippen LogP contribution >= 0.6 is 34.0 Å². The molecule has 3 aromatic heterocycles. The molecule has 0 saturated heterocycles. The molecule has 0 fully saturated rings. The Morgan fingerprint density at radius 2 is 0.528 bits per heavy atom. The predicted octanol–water partition coefficient (Wildman–Crippen LogP) is 17.3. The van der Waals surface area contributed by atoms with Gasteiger partial charge in [-0.2, -0.15) is 11.3 Å². The highest BCUT2D eigenvalue weighted by Gasteiger charge is 2.28. The highest BCUT2D eigenvalue weighted by molar-refractivity contribution is 7.10. The van der Waals surface area contributed by atoms with E-state index in [0.717, 1.165) is 0 Å². The zero-order valence-corrected chi connectivity index (χ0v) is 41.4. The summed E-state index contributed by atoms with van der Waals surface area (Å²) >= 11 is 5.59. The molecule has 4 rings (SSSR count). The zero-order chi connectivity index (χ0) is 41.8. The van der Waals surface area contributed by atoms with Crippen molar-refractivity contribution in [2.75, 3.05) is 0 Å². The Balaban J connectivity index is 0.000000354. The fourth-order valence-corrected chi connectivity index (χ4v) is 9.90. The molecule has 3 heterocycles. The Bertz CT molecular complexity index is 1390. The molecule has 0 aliphatic heterocycles. The molecule has 0 N–H and O–H groups in total. The first-order valence-corrected chi connectivity index (χ1v) is 22.5. The quantitative estimate of drug-likeness (QED) is 0.167. The third kappa shape index (κ3) is 15.4. The summed E-state index contributed by atoms with van der Waals surface area (Å²) < 4.78 is 0. The van der Waals surface area contributed by atoms with E-state index in [-0.39, 0.29) is 43.3 Å². The van der Waals surface area contributed by atoms with Crippen molar-refractivity contribution in [3.05, 3.63) is 101 Å². The first-order valence-electron chi connectivity index (χ1n) is 19.7. The highest BCUT2D eigenvalue weighted by Crippen LogP contribution is 2.39. The van der Waals surface area contributed by atoms with Gasteiger partial charge in [0, 0.05) is 9.75 Å². The van der Waals surface area contributed by atoms with Crippen LogP contribution in [0.25, 0.3) is 0 Å². The van der Waals surface area contributed by atoms with Gasteiger partial charge < -0.3 is 0 Å². The molecular weight excluding hydrogens is 697 g/mol. The van der Waals surface area contributed by atoms with Crippen LogP contribution in [0.5, 0.6) is 0 Å². The number of thiophene rings is 3. The van der Waals surface area contributed by atoms with Gasteiger partial charge in [-0.1, -0.05) is 190 Å². The van der Waals surface area contributed by atoms with Crippen molar-refractivity contribution in [2.24, 2.45) is 0 Å². The van der Waals surface area contributed by atoms with Gasteiger partial charge in [0.2, 0.25) is 0 Å². The molecule has 0 bridgehead atoms. The maximum Gasteiger partial charge on any atom is 0.0136 e. The van der Waals surface area contributed by atoms with E-state index in [1.807, 2.05) is 34.0 Å². The molecule has 0 unspecified atom stereocenters. The predicted molar refractivity (Wildman–Crippen MR) is 249 cm³/mol. The van der Waals surface area contributed by atoms with E-state index in [4.69, 9.17) is 0 Å². The monoisotopic (exact) mass is 779 g/mol. The molecule has 0 aliphatic carbocycles. The molecule has 1 aromatic carbocycles. The van der Waals surface area contributed by atoms with Crippen LogP contribution in [0.3, 0.4) is 0 Å². The van der Waals surface area contributed by atoms with Crippen LogP contribution in [0.2, 0.25) is 0 Å². The first-order chi connectivity index (χ1) is 23.4. The second kappa shape index (κ2) is 17.6. The lowest BCUT2D eigenvalue weighted by molar-refractivity contribution is 0.530. The van der Waals surface area contributed by atoms with E-state index in [2.05, 4.69) is 224 Å². The average Bonchev–Trinajstić information content (AvgIpc) is 3.72. The molecule has 0 nitrogen and oxygen atoms in total. The minimum atomic E-state index is 0.240. The van der Waals surface area contributed by atoms with E-state index in [9.17, 15) is 0 Å². The Kier molecular flexibility index (Phi) is 16.4.